The predicted molar refractivity (Wildman–Crippen MR) is 98.1 cm³/mol. The largest absolute Gasteiger partial charge is 0.352 e. The lowest BCUT2D eigenvalue weighted by Crippen LogP contribution is -2.23. The summed E-state index contributed by atoms with van der Waals surface area (Å²) >= 11 is 1.68. The summed E-state index contributed by atoms with van der Waals surface area (Å²) < 4.78 is 0. The molecule has 126 valence electrons. The Morgan fingerprint density at radius 2 is 1.67 bits per heavy atom. The zero-order chi connectivity index (χ0) is 17.4. The van der Waals surface area contributed by atoms with Gasteiger partial charge in [0, 0.05) is 43.3 Å². The summed E-state index contributed by atoms with van der Waals surface area (Å²) in [7, 11) is 3.45. The molecule has 0 aliphatic heterocycles. The molecule has 4 nitrogen and oxygen atoms in total. The average Bonchev–Trinajstić information content (AvgIpc) is 2.60. The fourth-order valence-electron chi connectivity index (χ4n) is 2.09. The second kappa shape index (κ2) is 9.13. The molecule has 0 spiro atoms. The minimum atomic E-state index is -0.0245. The molecule has 0 heterocycles. The molecule has 0 radical (unpaired) electrons. The minimum absolute atomic E-state index is 0.0245. The number of hydrogen-bond acceptors (Lipinski definition) is 3. The van der Waals surface area contributed by atoms with Gasteiger partial charge in [0.1, 0.15) is 0 Å². The Balaban J connectivity index is 1.72. The van der Waals surface area contributed by atoms with Crippen LogP contribution in [0, 0.1) is 0 Å². The van der Waals surface area contributed by atoms with Crippen molar-refractivity contribution >= 4 is 23.6 Å². The lowest BCUT2D eigenvalue weighted by molar-refractivity contribution is -0.120. The highest BCUT2D eigenvalue weighted by Crippen LogP contribution is 2.17. The SMILES string of the molecule is CN(C)C(=O)c1ccc(CNC(=O)CCSc2ccccc2)cc1. The van der Waals surface area contributed by atoms with Crippen LogP contribution < -0.4 is 5.32 Å². The molecule has 2 rings (SSSR count). The van der Waals surface area contributed by atoms with Crippen molar-refractivity contribution in [3.05, 3.63) is 65.7 Å². The number of carbonyl (C=O) groups is 2. The number of carbonyl (C=O) groups excluding carboxylic acids is 2. The minimum Gasteiger partial charge on any atom is -0.352 e. The van der Waals surface area contributed by atoms with Gasteiger partial charge in [0.25, 0.3) is 5.91 Å². The summed E-state index contributed by atoms with van der Waals surface area (Å²) in [6, 6.07) is 17.4. The molecule has 0 saturated heterocycles. The Hall–Kier alpha value is -2.27. The van der Waals surface area contributed by atoms with E-state index in [4.69, 9.17) is 0 Å². The maximum atomic E-state index is 11.9. The van der Waals surface area contributed by atoms with E-state index in [9.17, 15) is 9.59 Å². The van der Waals surface area contributed by atoms with Crippen molar-refractivity contribution in [3.63, 3.8) is 0 Å². The molecule has 0 saturated carbocycles. The maximum absolute atomic E-state index is 11.9. The van der Waals surface area contributed by atoms with Gasteiger partial charge in [0.15, 0.2) is 0 Å². The van der Waals surface area contributed by atoms with E-state index in [2.05, 4.69) is 5.32 Å². The number of thioether (sulfide) groups is 1. The number of hydrogen-bond donors (Lipinski definition) is 1. The smallest absolute Gasteiger partial charge is 0.253 e. The quantitative estimate of drug-likeness (QED) is 0.786. The van der Waals surface area contributed by atoms with Crippen molar-refractivity contribution < 1.29 is 9.59 Å². The van der Waals surface area contributed by atoms with Crippen molar-refractivity contribution in [2.75, 3.05) is 19.8 Å². The lowest BCUT2D eigenvalue weighted by Gasteiger charge is -2.11. The zero-order valence-corrected chi connectivity index (χ0v) is 14.8. The van der Waals surface area contributed by atoms with Crippen molar-refractivity contribution in [2.24, 2.45) is 0 Å². The first-order valence-corrected chi connectivity index (χ1v) is 8.80. The van der Waals surface area contributed by atoms with Gasteiger partial charge >= 0.3 is 0 Å². The highest BCUT2D eigenvalue weighted by atomic mass is 32.2. The first-order chi connectivity index (χ1) is 11.6. The van der Waals surface area contributed by atoms with Crippen molar-refractivity contribution in [1.82, 2.24) is 10.2 Å². The highest BCUT2D eigenvalue weighted by molar-refractivity contribution is 7.99. The Bertz CT molecular complexity index is 670. The van der Waals surface area contributed by atoms with Gasteiger partial charge in [-0.05, 0) is 29.8 Å². The van der Waals surface area contributed by atoms with E-state index >= 15 is 0 Å². The van der Waals surface area contributed by atoms with E-state index < -0.39 is 0 Å². The Morgan fingerprint density at radius 1 is 1.00 bits per heavy atom. The highest BCUT2D eigenvalue weighted by Gasteiger charge is 2.07. The van der Waals surface area contributed by atoms with Gasteiger partial charge in [-0.3, -0.25) is 9.59 Å². The van der Waals surface area contributed by atoms with Crippen LogP contribution in [0.4, 0.5) is 0 Å². The number of amides is 2. The van der Waals surface area contributed by atoms with Crippen molar-refractivity contribution in [2.45, 2.75) is 17.9 Å². The first-order valence-electron chi connectivity index (χ1n) is 7.81. The van der Waals surface area contributed by atoms with Crippen LogP contribution in [-0.2, 0) is 11.3 Å². The predicted octanol–water partition coefficient (Wildman–Crippen LogP) is 3.19. The maximum Gasteiger partial charge on any atom is 0.253 e. The molecule has 0 fully saturated rings. The van der Waals surface area contributed by atoms with Gasteiger partial charge < -0.3 is 10.2 Å². The molecule has 1 N–H and O–H groups in total. The Labute approximate surface area is 147 Å². The van der Waals surface area contributed by atoms with Gasteiger partial charge in [-0.2, -0.15) is 0 Å². The van der Waals surface area contributed by atoms with Gasteiger partial charge in [0.2, 0.25) is 5.91 Å². The van der Waals surface area contributed by atoms with E-state index in [1.807, 2.05) is 42.5 Å². The van der Waals surface area contributed by atoms with Gasteiger partial charge in [-0.1, -0.05) is 30.3 Å². The van der Waals surface area contributed by atoms with Gasteiger partial charge in [0.05, 0.1) is 0 Å². The third-order valence-corrected chi connectivity index (χ3v) is 4.45. The van der Waals surface area contributed by atoms with Crippen LogP contribution in [0.5, 0.6) is 0 Å². The van der Waals surface area contributed by atoms with Crippen LogP contribution in [-0.4, -0.2) is 36.6 Å². The summed E-state index contributed by atoms with van der Waals surface area (Å²) in [4.78, 5) is 26.4. The number of rotatable bonds is 7. The van der Waals surface area contributed by atoms with Crippen molar-refractivity contribution in [3.8, 4) is 0 Å². The second-order valence-electron chi connectivity index (χ2n) is 5.58. The second-order valence-corrected chi connectivity index (χ2v) is 6.75. The number of nitrogens with one attached hydrogen (secondary N) is 1. The van der Waals surface area contributed by atoms with E-state index in [0.717, 1.165) is 11.3 Å². The summed E-state index contributed by atoms with van der Waals surface area (Å²) in [6.45, 7) is 0.477. The van der Waals surface area contributed by atoms with Crippen LogP contribution in [0.3, 0.4) is 0 Å². The average molecular weight is 342 g/mol. The van der Waals surface area contributed by atoms with Crippen LogP contribution >= 0.6 is 11.8 Å². The van der Waals surface area contributed by atoms with E-state index in [1.54, 1.807) is 42.9 Å². The van der Waals surface area contributed by atoms with Crippen LogP contribution in [0.25, 0.3) is 0 Å². The molecule has 0 unspecified atom stereocenters. The van der Waals surface area contributed by atoms with Crippen LogP contribution in [0.2, 0.25) is 0 Å². The molecule has 2 aromatic carbocycles. The fraction of sp³-hybridized carbons (Fsp3) is 0.263. The third-order valence-electron chi connectivity index (χ3n) is 3.44. The summed E-state index contributed by atoms with van der Waals surface area (Å²) in [6.07, 6.45) is 0.483. The van der Waals surface area contributed by atoms with Gasteiger partial charge in [-0.25, -0.2) is 0 Å². The van der Waals surface area contributed by atoms with Crippen LogP contribution in [0.15, 0.2) is 59.5 Å². The number of benzene rings is 2. The lowest BCUT2D eigenvalue weighted by atomic mass is 10.1. The molecule has 24 heavy (non-hydrogen) atoms. The molecule has 0 aromatic heterocycles. The Kier molecular flexibility index (Phi) is 6.88. The van der Waals surface area contributed by atoms with Crippen molar-refractivity contribution in [1.29, 1.82) is 0 Å². The molecular formula is C19H22N2O2S. The fourth-order valence-corrected chi connectivity index (χ4v) is 2.96. The van der Waals surface area contributed by atoms with E-state index in [1.165, 1.54) is 4.90 Å². The molecule has 5 heteroatoms. The molecule has 0 bridgehead atoms. The molecule has 0 aliphatic rings. The molecular weight excluding hydrogens is 320 g/mol. The van der Waals surface area contributed by atoms with E-state index in [-0.39, 0.29) is 11.8 Å². The standard InChI is InChI=1S/C19H22N2O2S/c1-21(2)19(23)16-10-8-15(9-11-16)14-20-18(22)12-13-24-17-6-4-3-5-7-17/h3-11H,12-14H2,1-2H3,(H,20,22). The Morgan fingerprint density at radius 3 is 2.29 bits per heavy atom. The normalized spacial score (nSPS) is 10.2. The molecule has 0 atom stereocenters. The summed E-state index contributed by atoms with van der Waals surface area (Å²) in [5.74, 6) is 0.766. The van der Waals surface area contributed by atoms with Gasteiger partial charge in [-0.15, -0.1) is 11.8 Å². The summed E-state index contributed by atoms with van der Waals surface area (Å²) in [5.41, 5.74) is 1.63. The third kappa shape index (κ3) is 5.74. The summed E-state index contributed by atoms with van der Waals surface area (Å²) in [5, 5.41) is 2.91. The van der Waals surface area contributed by atoms with E-state index in [0.29, 0.717) is 18.5 Å². The topological polar surface area (TPSA) is 49.4 Å². The monoisotopic (exact) mass is 342 g/mol. The zero-order valence-electron chi connectivity index (χ0n) is 14.0. The molecule has 0 aliphatic carbocycles. The molecule has 2 aromatic rings. The molecule has 2 amide bonds. The first kappa shape index (κ1) is 18.1. The van der Waals surface area contributed by atoms with Crippen LogP contribution in [0.1, 0.15) is 22.3 Å². The number of nitrogens with zero attached hydrogens (tertiary/aromatic N) is 1.